The highest BCUT2D eigenvalue weighted by Gasteiger charge is 2.34. The number of methoxy groups -OCH3 is 1. The molecule has 0 fully saturated rings. The standard InChI is InChI=1S/C13H16Cl2N2O4/c1-4-5-13(2,12(18)21-3)16-11-9(14)6-8(17(19)20)7-10(11)15/h6-7,16H,4-5H2,1-3H3. The molecule has 1 atom stereocenters. The van der Waals surface area contributed by atoms with E-state index < -0.39 is 16.4 Å². The Bertz CT molecular complexity index is 542. The number of nitro groups is 1. The maximum Gasteiger partial charge on any atom is 0.331 e. The molecule has 0 aliphatic heterocycles. The average molecular weight is 335 g/mol. The molecule has 1 aromatic rings. The van der Waals surface area contributed by atoms with Crippen molar-refractivity contribution in [1.29, 1.82) is 0 Å². The number of halogens is 2. The first-order chi connectivity index (χ1) is 9.75. The zero-order valence-corrected chi connectivity index (χ0v) is 13.4. The maximum absolute atomic E-state index is 11.9. The van der Waals surface area contributed by atoms with Gasteiger partial charge in [-0.05, 0) is 13.3 Å². The Labute approximate surface area is 132 Å². The Morgan fingerprint density at radius 3 is 2.33 bits per heavy atom. The molecule has 0 spiro atoms. The smallest absolute Gasteiger partial charge is 0.331 e. The van der Waals surface area contributed by atoms with Crippen molar-refractivity contribution >= 4 is 40.5 Å². The van der Waals surface area contributed by atoms with Crippen LogP contribution >= 0.6 is 23.2 Å². The lowest BCUT2D eigenvalue weighted by Crippen LogP contribution is -2.44. The summed E-state index contributed by atoms with van der Waals surface area (Å²) in [6.45, 7) is 3.58. The van der Waals surface area contributed by atoms with Crippen LogP contribution in [0.3, 0.4) is 0 Å². The Balaban J connectivity index is 3.21. The van der Waals surface area contributed by atoms with Gasteiger partial charge in [0.05, 0.1) is 27.8 Å². The summed E-state index contributed by atoms with van der Waals surface area (Å²) in [5.41, 5.74) is -0.969. The molecule has 116 valence electrons. The van der Waals surface area contributed by atoms with Crippen LogP contribution in [0.2, 0.25) is 10.0 Å². The molecule has 0 saturated carbocycles. The normalized spacial score (nSPS) is 13.4. The van der Waals surface area contributed by atoms with Crippen molar-refractivity contribution in [2.45, 2.75) is 32.2 Å². The molecule has 0 amide bonds. The van der Waals surface area contributed by atoms with E-state index in [1.807, 2.05) is 6.92 Å². The number of ether oxygens (including phenoxy) is 1. The van der Waals surface area contributed by atoms with Gasteiger partial charge < -0.3 is 10.1 Å². The second kappa shape index (κ2) is 6.95. The van der Waals surface area contributed by atoms with Crippen molar-refractivity contribution in [3.63, 3.8) is 0 Å². The van der Waals surface area contributed by atoms with Gasteiger partial charge in [-0.25, -0.2) is 4.79 Å². The summed E-state index contributed by atoms with van der Waals surface area (Å²) in [7, 11) is 1.29. The molecule has 0 aliphatic carbocycles. The Morgan fingerprint density at radius 2 is 1.95 bits per heavy atom. The molecule has 1 N–H and O–H groups in total. The molecule has 0 bridgehead atoms. The van der Waals surface area contributed by atoms with E-state index in [2.05, 4.69) is 5.32 Å². The molecule has 1 rings (SSSR count). The van der Waals surface area contributed by atoms with Gasteiger partial charge in [0.1, 0.15) is 5.54 Å². The molecule has 0 heterocycles. The van der Waals surface area contributed by atoms with Crippen LogP contribution in [0.25, 0.3) is 0 Å². The third-order valence-corrected chi connectivity index (χ3v) is 3.62. The first-order valence-corrected chi connectivity index (χ1v) is 7.00. The lowest BCUT2D eigenvalue weighted by atomic mass is 9.95. The van der Waals surface area contributed by atoms with Crippen LogP contribution in [0.5, 0.6) is 0 Å². The number of nitrogens with one attached hydrogen (secondary N) is 1. The molecular weight excluding hydrogens is 319 g/mol. The average Bonchev–Trinajstić information content (AvgIpc) is 2.41. The minimum absolute atomic E-state index is 0.0698. The molecule has 1 aromatic carbocycles. The van der Waals surface area contributed by atoms with Crippen molar-refractivity contribution in [2.24, 2.45) is 0 Å². The molecule has 21 heavy (non-hydrogen) atoms. The van der Waals surface area contributed by atoms with E-state index in [-0.39, 0.29) is 21.4 Å². The highest BCUT2D eigenvalue weighted by molar-refractivity contribution is 6.39. The highest BCUT2D eigenvalue weighted by Crippen LogP contribution is 2.37. The monoisotopic (exact) mass is 334 g/mol. The number of carbonyl (C=O) groups excluding carboxylic acids is 1. The quantitative estimate of drug-likeness (QED) is 0.482. The summed E-state index contributed by atoms with van der Waals surface area (Å²) in [4.78, 5) is 22.1. The lowest BCUT2D eigenvalue weighted by Gasteiger charge is -2.29. The summed E-state index contributed by atoms with van der Waals surface area (Å²) in [5.74, 6) is -0.463. The largest absolute Gasteiger partial charge is 0.467 e. The van der Waals surface area contributed by atoms with Crippen molar-refractivity contribution in [1.82, 2.24) is 0 Å². The van der Waals surface area contributed by atoms with E-state index in [4.69, 9.17) is 27.9 Å². The summed E-state index contributed by atoms with van der Waals surface area (Å²) < 4.78 is 4.79. The number of rotatable bonds is 6. The van der Waals surface area contributed by atoms with Crippen LogP contribution < -0.4 is 5.32 Å². The molecular formula is C13H16Cl2N2O4. The van der Waals surface area contributed by atoms with E-state index >= 15 is 0 Å². The van der Waals surface area contributed by atoms with Gasteiger partial charge in [-0.3, -0.25) is 10.1 Å². The highest BCUT2D eigenvalue weighted by atomic mass is 35.5. The predicted molar refractivity (Wildman–Crippen MR) is 82.1 cm³/mol. The number of nitro benzene ring substituents is 1. The molecule has 0 saturated heterocycles. The van der Waals surface area contributed by atoms with Crippen molar-refractivity contribution in [3.05, 3.63) is 32.3 Å². The Morgan fingerprint density at radius 1 is 1.43 bits per heavy atom. The fourth-order valence-electron chi connectivity index (χ4n) is 2.00. The predicted octanol–water partition coefficient (Wildman–Crippen LogP) is 4.05. The number of hydrogen-bond acceptors (Lipinski definition) is 5. The van der Waals surface area contributed by atoms with Gasteiger partial charge in [0.2, 0.25) is 0 Å². The number of esters is 1. The molecule has 0 radical (unpaired) electrons. The summed E-state index contributed by atoms with van der Waals surface area (Å²) >= 11 is 12.1. The fourth-order valence-corrected chi connectivity index (χ4v) is 2.57. The van der Waals surface area contributed by atoms with Crippen LogP contribution in [0.1, 0.15) is 26.7 Å². The Hall–Kier alpha value is -1.53. The van der Waals surface area contributed by atoms with E-state index in [1.165, 1.54) is 19.2 Å². The maximum atomic E-state index is 11.9. The van der Waals surface area contributed by atoms with E-state index in [0.717, 1.165) is 6.42 Å². The Kier molecular flexibility index (Phi) is 5.80. The van der Waals surface area contributed by atoms with Crippen LogP contribution in [-0.2, 0) is 9.53 Å². The number of non-ortho nitro benzene ring substituents is 1. The van der Waals surface area contributed by atoms with Crippen molar-refractivity contribution in [3.8, 4) is 0 Å². The van der Waals surface area contributed by atoms with Gasteiger partial charge in [0.15, 0.2) is 0 Å². The molecule has 1 unspecified atom stereocenters. The third-order valence-electron chi connectivity index (χ3n) is 3.02. The van der Waals surface area contributed by atoms with Crippen LogP contribution in [0.4, 0.5) is 11.4 Å². The molecule has 6 nitrogen and oxygen atoms in total. The van der Waals surface area contributed by atoms with Crippen molar-refractivity contribution < 1.29 is 14.5 Å². The fraction of sp³-hybridized carbons (Fsp3) is 0.462. The molecule has 0 aliphatic rings. The number of benzene rings is 1. The first-order valence-electron chi connectivity index (χ1n) is 6.25. The number of nitrogens with zero attached hydrogens (tertiary/aromatic N) is 1. The minimum Gasteiger partial charge on any atom is -0.467 e. The van der Waals surface area contributed by atoms with Gasteiger partial charge in [-0.1, -0.05) is 36.5 Å². The van der Waals surface area contributed by atoms with Gasteiger partial charge >= 0.3 is 5.97 Å². The van der Waals surface area contributed by atoms with Crippen LogP contribution in [0.15, 0.2) is 12.1 Å². The summed E-state index contributed by atoms with van der Waals surface area (Å²) in [6.07, 6.45) is 1.21. The zero-order valence-electron chi connectivity index (χ0n) is 11.9. The summed E-state index contributed by atoms with van der Waals surface area (Å²) in [6, 6.07) is 2.36. The minimum atomic E-state index is -1.02. The molecule has 8 heteroatoms. The van der Waals surface area contributed by atoms with Crippen LogP contribution in [0, 0.1) is 10.1 Å². The summed E-state index contributed by atoms with van der Waals surface area (Å²) in [5, 5.41) is 13.8. The van der Waals surface area contributed by atoms with E-state index in [9.17, 15) is 14.9 Å². The van der Waals surface area contributed by atoms with Gasteiger partial charge in [-0.2, -0.15) is 0 Å². The van der Waals surface area contributed by atoms with Gasteiger partial charge in [0.25, 0.3) is 5.69 Å². The SMILES string of the molecule is CCCC(C)(Nc1c(Cl)cc([N+](=O)[O-])cc1Cl)C(=O)OC. The first kappa shape index (κ1) is 17.5. The van der Waals surface area contributed by atoms with E-state index in [1.54, 1.807) is 6.92 Å². The second-order valence-corrected chi connectivity index (χ2v) is 5.55. The third kappa shape index (κ3) is 3.98. The number of carbonyl (C=O) groups is 1. The zero-order chi connectivity index (χ0) is 16.2. The number of anilines is 1. The van der Waals surface area contributed by atoms with Crippen molar-refractivity contribution in [2.75, 3.05) is 12.4 Å². The number of hydrogen-bond donors (Lipinski definition) is 1. The second-order valence-electron chi connectivity index (χ2n) is 4.74. The topological polar surface area (TPSA) is 81.5 Å². The lowest BCUT2D eigenvalue weighted by molar-refractivity contribution is -0.384. The van der Waals surface area contributed by atoms with Crippen LogP contribution in [-0.4, -0.2) is 23.5 Å². The van der Waals surface area contributed by atoms with E-state index in [0.29, 0.717) is 6.42 Å². The van der Waals surface area contributed by atoms with Gasteiger partial charge in [0, 0.05) is 12.1 Å². The molecule has 0 aromatic heterocycles. The van der Waals surface area contributed by atoms with Gasteiger partial charge in [-0.15, -0.1) is 0 Å².